The Hall–Kier alpha value is -5.38. The molecule has 4 amide bonds. The van der Waals surface area contributed by atoms with Gasteiger partial charge in [-0.25, -0.2) is 9.59 Å². The molecule has 21 heteroatoms. The Kier molecular flexibility index (Phi) is 24.6. The molecule has 1 saturated heterocycles. The summed E-state index contributed by atoms with van der Waals surface area (Å²) in [6.07, 6.45) is 2.55. The number of nitrogens with zero attached hydrogens (tertiary/aromatic N) is 5. The predicted octanol–water partition coefficient (Wildman–Crippen LogP) is -0.127. The van der Waals surface area contributed by atoms with Crippen LogP contribution in [-0.2, 0) is 40.1 Å². The molecule has 0 aromatic heterocycles. The molecule has 2 rings (SSSR count). The van der Waals surface area contributed by atoms with Gasteiger partial charge in [-0.05, 0) is 51.0 Å². The summed E-state index contributed by atoms with van der Waals surface area (Å²) in [4.78, 5) is 104. The summed E-state index contributed by atoms with van der Waals surface area (Å²) < 4.78 is 0. The average molecular weight is 865 g/mol. The van der Waals surface area contributed by atoms with Gasteiger partial charge in [0.05, 0.1) is 26.2 Å². The van der Waals surface area contributed by atoms with E-state index in [1.54, 1.807) is 19.6 Å². The molecule has 0 spiro atoms. The van der Waals surface area contributed by atoms with Crippen LogP contribution in [0.5, 0.6) is 0 Å². The van der Waals surface area contributed by atoms with Crippen molar-refractivity contribution in [3.8, 4) is 0 Å². The summed E-state index contributed by atoms with van der Waals surface area (Å²) in [6.45, 7) is 4.95. The standard InChI is InChI=1S/C40H64N8O13/c1-30-8-10-31(11-9-30)25-48(16-6-2-4-15-42-40(61)43-32(39(59)60)12-13-35(51)52)34(50)7-3-5-14-41-33(49)26-44-17-19-45(27-36(53)54)21-23-47(29-38(57)58)24-22-46(20-18-44)28-37(55)56/h8-11,32H,2-7,12-29H2,1H3,(H,41,49)(H,51,52)(H,53,54)(H,55,56)(H,57,58)(H,59,60)(H2,42,43,61)/t32-/m0/s1. The van der Waals surface area contributed by atoms with Gasteiger partial charge in [0.15, 0.2) is 0 Å². The Morgan fingerprint density at radius 2 is 1.07 bits per heavy atom. The number of hydrogen-bond acceptors (Lipinski definition) is 12. The van der Waals surface area contributed by atoms with E-state index in [2.05, 4.69) is 16.0 Å². The van der Waals surface area contributed by atoms with Crippen molar-refractivity contribution in [2.24, 2.45) is 0 Å². The van der Waals surface area contributed by atoms with Crippen LogP contribution >= 0.6 is 0 Å². The number of benzene rings is 1. The van der Waals surface area contributed by atoms with E-state index < -0.39 is 48.3 Å². The number of carbonyl (C=O) groups excluding carboxylic acids is 3. The van der Waals surface area contributed by atoms with Crippen molar-refractivity contribution in [1.29, 1.82) is 0 Å². The molecule has 21 nitrogen and oxygen atoms in total. The number of nitrogens with one attached hydrogen (secondary N) is 3. The number of urea groups is 1. The Morgan fingerprint density at radius 1 is 0.590 bits per heavy atom. The van der Waals surface area contributed by atoms with Crippen molar-refractivity contribution >= 4 is 47.7 Å². The number of carboxylic acids is 5. The largest absolute Gasteiger partial charge is 0.481 e. The maximum atomic E-state index is 13.4. The quantitative estimate of drug-likeness (QED) is 0.0563. The van der Waals surface area contributed by atoms with Gasteiger partial charge in [0.25, 0.3) is 0 Å². The lowest BCUT2D eigenvalue weighted by atomic mass is 10.1. The fraction of sp³-hybridized carbons (Fsp3) is 0.650. The molecule has 1 aliphatic rings. The molecular weight excluding hydrogens is 800 g/mol. The smallest absolute Gasteiger partial charge is 0.326 e. The summed E-state index contributed by atoms with van der Waals surface area (Å²) in [7, 11) is 0. The minimum atomic E-state index is -1.33. The zero-order valence-electron chi connectivity index (χ0n) is 35.1. The van der Waals surface area contributed by atoms with Crippen LogP contribution in [0, 0.1) is 6.92 Å². The van der Waals surface area contributed by atoms with E-state index in [9.17, 15) is 58.8 Å². The number of amides is 4. The first-order valence-corrected chi connectivity index (χ1v) is 20.6. The van der Waals surface area contributed by atoms with Crippen LogP contribution in [0.4, 0.5) is 4.79 Å². The lowest BCUT2D eigenvalue weighted by Gasteiger charge is -2.32. The van der Waals surface area contributed by atoms with Crippen molar-refractivity contribution in [1.82, 2.24) is 40.4 Å². The van der Waals surface area contributed by atoms with Gasteiger partial charge in [-0.15, -0.1) is 0 Å². The molecule has 0 radical (unpaired) electrons. The van der Waals surface area contributed by atoms with Gasteiger partial charge in [0, 0.05) is 91.4 Å². The van der Waals surface area contributed by atoms with E-state index in [0.717, 1.165) is 11.1 Å². The van der Waals surface area contributed by atoms with Crippen molar-refractivity contribution in [3.63, 3.8) is 0 Å². The number of aliphatic carboxylic acids is 5. The first kappa shape index (κ1) is 51.8. The minimum absolute atomic E-state index is 0.00788. The number of hydrogen-bond donors (Lipinski definition) is 8. The number of rotatable bonds is 26. The average Bonchev–Trinajstić information content (AvgIpc) is 3.18. The predicted molar refractivity (Wildman–Crippen MR) is 221 cm³/mol. The topological polar surface area (TPSA) is 290 Å². The van der Waals surface area contributed by atoms with E-state index >= 15 is 0 Å². The third-order valence-corrected chi connectivity index (χ3v) is 10.0. The highest BCUT2D eigenvalue weighted by molar-refractivity contribution is 5.83. The number of unbranched alkanes of at least 4 members (excludes halogenated alkanes) is 3. The molecule has 0 aliphatic carbocycles. The highest BCUT2D eigenvalue weighted by atomic mass is 16.4. The lowest BCUT2D eigenvalue weighted by Crippen LogP contribution is -2.49. The molecule has 1 heterocycles. The maximum absolute atomic E-state index is 13.4. The molecule has 1 aromatic carbocycles. The van der Waals surface area contributed by atoms with Crippen LogP contribution in [0.15, 0.2) is 24.3 Å². The Labute approximate surface area is 356 Å². The summed E-state index contributed by atoms with van der Waals surface area (Å²) in [5.41, 5.74) is 2.06. The molecule has 1 aliphatic heterocycles. The van der Waals surface area contributed by atoms with Crippen molar-refractivity contribution < 1.29 is 63.9 Å². The number of carbonyl (C=O) groups is 8. The summed E-state index contributed by atoms with van der Waals surface area (Å²) in [5, 5.41) is 54.1. The van der Waals surface area contributed by atoms with E-state index in [-0.39, 0.29) is 83.6 Å². The summed E-state index contributed by atoms with van der Waals surface area (Å²) >= 11 is 0. The molecule has 8 N–H and O–H groups in total. The van der Waals surface area contributed by atoms with Gasteiger partial charge in [0.1, 0.15) is 6.04 Å². The monoisotopic (exact) mass is 864 g/mol. The van der Waals surface area contributed by atoms with Crippen LogP contribution in [0.3, 0.4) is 0 Å². The van der Waals surface area contributed by atoms with Gasteiger partial charge in [0.2, 0.25) is 11.8 Å². The van der Waals surface area contributed by atoms with E-state index in [4.69, 9.17) is 5.11 Å². The Morgan fingerprint density at radius 3 is 1.54 bits per heavy atom. The van der Waals surface area contributed by atoms with Gasteiger partial charge < -0.3 is 46.4 Å². The van der Waals surface area contributed by atoms with E-state index in [1.165, 1.54) is 0 Å². The number of aryl methyl sites for hydroxylation is 1. The molecule has 61 heavy (non-hydrogen) atoms. The molecule has 1 aromatic rings. The zero-order chi connectivity index (χ0) is 45.2. The second kappa shape index (κ2) is 29.0. The fourth-order valence-corrected chi connectivity index (χ4v) is 6.58. The van der Waals surface area contributed by atoms with Crippen molar-refractivity contribution in [2.75, 3.05) is 98.2 Å². The highest BCUT2D eigenvalue weighted by Crippen LogP contribution is 2.12. The lowest BCUT2D eigenvalue weighted by molar-refractivity contribution is -0.141. The first-order valence-electron chi connectivity index (χ1n) is 20.6. The van der Waals surface area contributed by atoms with Gasteiger partial charge in [-0.2, -0.15) is 0 Å². The van der Waals surface area contributed by atoms with Crippen molar-refractivity contribution in [3.05, 3.63) is 35.4 Å². The molecule has 342 valence electrons. The molecule has 0 bridgehead atoms. The summed E-state index contributed by atoms with van der Waals surface area (Å²) in [5.74, 6) is -5.92. The molecule has 0 saturated carbocycles. The first-order chi connectivity index (χ1) is 29.0. The van der Waals surface area contributed by atoms with Crippen LogP contribution in [0.2, 0.25) is 0 Å². The third kappa shape index (κ3) is 24.5. The van der Waals surface area contributed by atoms with Crippen molar-refractivity contribution in [2.45, 2.75) is 70.9 Å². The number of carboxylic acid groups (broad SMARTS) is 5. The normalized spacial score (nSPS) is 15.4. The highest BCUT2D eigenvalue weighted by Gasteiger charge is 2.23. The zero-order valence-corrected chi connectivity index (χ0v) is 35.1. The van der Waals surface area contributed by atoms with E-state index in [0.29, 0.717) is 77.9 Å². The van der Waals surface area contributed by atoms with Crippen LogP contribution in [-0.4, -0.2) is 202 Å². The van der Waals surface area contributed by atoms with Crippen LogP contribution in [0.25, 0.3) is 0 Å². The maximum Gasteiger partial charge on any atom is 0.326 e. The molecule has 1 atom stereocenters. The molecule has 0 unspecified atom stereocenters. The molecule has 1 fully saturated rings. The second-order valence-electron chi connectivity index (χ2n) is 15.2. The third-order valence-electron chi connectivity index (χ3n) is 10.0. The van der Waals surface area contributed by atoms with Gasteiger partial charge in [-0.1, -0.05) is 29.8 Å². The summed E-state index contributed by atoms with van der Waals surface area (Å²) in [6, 6.07) is 5.86. The Balaban J connectivity index is 1.88. The second-order valence-corrected chi connectivity index (χ2v) is 15.2. The van der Waals surface area contributed by atoms with Crippen LogP contribution in [0.1, 0.15) is 62.5 Å². The fourth-order valence-electron chi connectivity index (χ4n) is 6.58. The van der Waals surface area contributed by atoms with Gasteiger partial charge >= 0.3 is 35.9 Å². The SMILES string of the molecule is Cc1ccc(CN(CCCCCNC(=O)N[C@@H](CCC(=O)O)C(=O)O)C(=O)CCCCNC(=O)CN2CCN(CC(=O)O)CCN(CC(=O)O)CCN(CC(=O)O)CC2)cc1. The molecular formula is C40H64N8O13. The minimum Gasteiger partial charge on any atom is -0.481 e. The van der Waals surface area contributed by atoms with Crippen LogP contribution < -0.4 is 16.0 Å². The Bertz CT molecular complexity index is 1550. The van der Waals surface area contributed by atoms with Gasteiger partial charge in [-0.3, -0.25) is 48.4 Å². The van der Waals surface area contributed by atoms with E-state index in [1.807, 2.05) is 36.1 Å².